The number of hydrogen-bond donors (Lipinski definition) is 0. The largest absolute Gasteiger partial charge is 0.462 e. The first-order valence-corrected chi connectivity index (χ1v) is 27.9. The Balaban J connectivity index is 4.47. The fourth-order valence-electron chi connectivity index (χ4n) is 7.28. The monoisotopic (exact) mass is 943 g/mol. The molecule has 1 atom stereocenters. The number of unbranched alkanes of at least 4 members (excludes halogenated alkanes) is 20. The van der Waals surface area contributed by atoms with Crippen LogP contribution in [0.3, 0.4) is 0 Å². The van der Waals surface area contributed by atoms with Gasteiger partial charge in [-0.15, -0.1) is 0 Å². The van der Waals surface area contributed by atoms with Crippen LogP contribution >= 0.6 is 0 Å². The Bertz CT molecular complexity index is 1410. The molecule has 68 heavy (non-hydrogen) atoms. The van der Waals surface area contributed by atoms with Crippen LogP contribution < -0.4 is 0 Å². The van der Waals surface area contributed by atoms with Crippen molar-refractivity contribution >= 4 is 17.9 Å². The Morgan fingerprint density at radius 1 is 0.309 bits per heavy atom. The van der Waals surface area contributed by atoms with Crippen molar-refractivity contribution in [1.29, 1.82) is 0 Å². The van der Waals surface area contributed by atoms with E-state index in [0.717, 1.165) is 128 Å². The molecule has 386 valence electrons. The summed E-state index contributed by atoms with van der Waals surface area (Å²) in [4.78, 5) is 38.1. The molecule has 6 heteroatoms. The van der Waals surface area contributed by atoms with Gasteiger partial charge in [0.1, 0.15) is 13.2 Å². The van der Waals surface area contributed by atoms with E-state index in [2.05, 4.69) is 130 Å². The van der Waals surface area contributed by atoms with Crippen molar-refractivity contribution < 1.29 is 28.6 Å². The zero-order valence-electron chi connectivity index (χ0n) is 44.1. The van der Waals surface area contributed by atoms with Crippen molar-refractivity contribution in [3.63, 3.8) is 0 Å². The predicted octanol–water partition coefficient (Wildman–Crippen LogP) is 18.7. The second-order valence-electron chi connectivity index (χ2n) is 18.1. The molecule has 0 aromatic heterocycles. The average Bonchev–Trinajstić information content (AvgIpc) is 3.34. The molecule has 0 aromatic carbocycles. The van der Waals surface area contributed by atoms with E-state index < -0.39 is 6.10 Å². The summed E-state index contributed by atoms with van der Waals surface area (Å²) >= 11 is 0. The minimum Gasteiger partial charge on any atom is -0.462 e. The molecule has 0 aromatic rings. The molecule has 0 bridgehead atoms. The van der Waals surface area contributed by atoms with Crippen molar-refractivity contribution in [3.05, 3.63) is 109 Å². The van der Waals surface area contributed by atoms with Gasteiger partial charge < -0.3 is 14.2 Å². The van der Waals surface area contributed by atoms with Gasteiger partial charge >= 0.3 is 17.9 Å². The lowest BCUT2D eigenvalue weighted by Crippen LogP contribution is -2.30. The van der Waals surface area contributed by atoms with Gasteiger partial charge in [0.05, 0.1) is 0 Å². The smallest absolute Gasteiger partial charge is 0.306 e. The standard InChI is InChI=1S/C62H102O6/c1-4-7-10-13-16-19-22-25-28-29-30-31-32-33-35-37-40-43-46-49-52-55-61(64)67-58-59(57-66-60(63)54-51-48-45-42-39-36-27-24-21-18-15-12-9-6-3)68-62(65)56-53-50-47-44-41-38-34-26-23-20-17-14-11-8-5-2/h8,11,15,17-18,20,22,24-27,29-30,32-34,41,44,59H,4-7,9-10,12-14,16,19,21,23,28,31,35-40,42-43,45-58H2,1-3H3/b11-8-,18-15-,20-17-,25-22-,27-24-,30-29-,33-32-,34-26-,44-41-. The van der Waals surface area contributed by atoms with Crippen molar-refractivity contribution in [3.8, 4) is 0 Å². The fourth-order valence-corrected chi connectivity index (χ4v) is 7.28. The van der Waals surface area contributed by atoms with Crippen molar-refractivity contribution in [2.45, 2.75) is 252 Å². The van der Waals surface area contributed by atoms with E-state index in [1.54, 1.807) is 0 Å². The van der Waals surface area contributed by atoms with E-state index in [0.29, 0.717) is 19.3 Å². The SMILES string of the molecule is CC/C=C\C/C=C\C/C=C\C/C=C\CCCCC(=O)OC(COC(=O)CCCCCCC/C=C\C/C=C\CCCC)COC(=O)CCCCCCCC/C=C\C/C=C\C/C=C\CCCCCCC. The van der Waals surface area contributed by atoms with E-state index in [9.17, 15) is 14.4 Å². The maximum atomic E-state index is 12.8. The number of hydrogen-bond acceptors (Lipinski definition) is 6. The molecule has 1 unspecified atom stereocenters. The lowest BCUT2D eigenvalue weighted by atomic mass is 10.1. The third-order valence-corrected chi connectivity index (χ3v) is 11.5. The van der Waals surface area contributed by atoms with Crippen LogP contribution in [0.25, 0.3) is 0 Å². The maximum Gasteiger partial charge on any atom is 0.306 e. The molecule has 0 rings (SSSR count). The normalized spacial score (nSPS) is 12.9. The third-order valence-electron chi connectivity index (χ3n) is 11.5. The summed E-state index contributed by atoms with van der Waals surface area (Å²) < 4.78 is 16.8. The highest BCUT2D eigenvalue weighted by molar-refractivity contribution is 5.71. The summed E-state index contributed by atoms with van der Waals surface area (Å²) in [5.41, 5.74) is 0. The summed E-state index contributed by atoms with van der Waals surface area (Å²) in [6.07, 6.45) is 75.0. The molecule has 0 fully saturated rings. The number of allylic oxidation sites excluding steroid dienone is 18. The van der Waals surface area contributed by atoms with Gasteiger partial charge in [0, 0.05) is 19.3 Å². The number of esters is 3. The lowest BCUT2D eigenvalue weighted by Gasteiger charge is -2.18. The summed E-state index contributed by atoms with van der Waals surface area (Å²) in [6, 6.07) is 0. The minimum absolute atomic E-state index is 0.108. The highest BCUT2D eigenvalue weighted by Crippen LogP contribution is 2.13. The van der Waals surface area contributed by atoms with Crippen molar-refractivity contribution in [2.24, 2.45) is 0 Å². The van der Waals surface area contributed by atoms with Gasteiger partial charge in [0.15, 0.2) is 6.10 Å². The number of rotatable bonds is 49. The van der Waals surface area contributed by atoms with Crippen LogP contribution in [0, 0.1) is 0 Å². The molecule has 0 radical (unpaired) electrons. The van der Waals surface area contributed by atoms with Gasteiger partial charge in [-0.3, -0.25) is 14.4 Å². The van der Waals surface area contributed by atoms with Crippen LogP contribution in [0.4, 0.5) is 0 Å². The Morgan fingerprint density at radius 3 is 0.971 bits per heavy atom. The average molecular weight is 943 g/mol. The topological polar surface area (TPSA) is 78.9 Å². The van der Waals surface area contributed by atoms with Crippen LogP contribution in [0.5, 0.6) is 0 Å². The van der Waals surface area contributed by atoms with Crippen LogP contribution in [-0.4, -0.2) is 37.2 Å². The summed E-state index contributed by atoms with van der Waals surface area (Å²) in [5.74, 6) is -0.978. The summed E-state index contributed by atoms with van der Waals surface area (Å²) in [6.45, 7) is 6.41. The first-order chi connectivity index (χ1) is 33.5. The van der Waals surface area contributed by atoms with Crippen LogP contribution in [0.15, 0.2) is 109 Å². The van der Waals surface area contributed by atoms with E-state index in [-0.39, 0.29) is 37.5 Å². The number of ether oxygens (including phenoxy) is 3. The van der Waals surface area contributed by atoms with Gasteiger partial charge in [-0.05, 0) is 122 Å². The number of carbonyl (C=O) groups is 3. The fraction of sp³-hybridized carbons (Fsp3) is 0.661. The van der Waals surface area contributed by atoms with Crippen LogP contribution in [0.1, 0.15) is 245 Å². The molecule has 0 spiro atoms. The van der Waals surface area contributed by atoms with E-state index >= 15 is 0 Å². The second-order valence-corrected chi connectivity index (χ2v) is 18.1. The molecule has 0 aliphatic carbocycles. The van der Waals surface area contributed by atoms with Crippen molar-refractivity contribution in [2.75, 3.05) is 13.2 Å². The lowest BCUT2D eigenvalue weighted by molar-refractivity contribution is -0.167. The summed E-state index contributed by atoms with van der Waals surface area (Å²) in [5, 5.41) is 0. The molecule has 0 N–H and O–H groups in total. The molecule has 6 nitrogen and oxygen atoms in total. The van der Waals surface area contributed by atoms with Crippen LogP contribution in [-0.2, 0) is 28.6 Å². The first kappa shape index (κ1) is 64.1. The Hall–Kier alpha value is -3.93. The predicted molar refractivity (Wildman–Crippen MR) is 293 cm³/mol. The second kappa shape index (κ2) is 55.7. The third kappa shape index (κ3) is 53.0. The Labute approximate surface area is 419 Å². The molecular weight excluding hydrogens is 841 g/mol. The van der Waals surface area contributed by atoms with Gasteiger partial charge in [0.25, 0.3) is 0 Å². The summed E-state index contributed by atoms with van der Waals surface area (Å²) in [7, 11) is 0. The Kier molecular flexibility index (Phi) is 52.4. The van der Waals surface area contributed by atoms with E-state index in [4.69, 9.17) is 14.2 Å². The number of carbonyl (C=O) groups excluding carboxylic acids is 3. The molecule has 0 aliphatic heterocycles. The van der Waals surface area contributed by atoms with E-state index in [1.165, 1.54) is 70.6 Å². The van der Waals surface area contributed by atoms with Crippen LogP contribution in [0.2, 0.25) is 0 Å². The van der Waals surface area contributed by atoms with Crippen molar-refractivity contribution in [1.82, 2.24) is 0 Å². The highest BCUT2D eigenvalue weighted by atomic mass is 16.6. The van der Waals surface area contributed by atoms with Gasteiger partial charge in [0.2, 0.25) is 0 Å². The first-order valence-electron chi connectivity index (χ1n) is 27.9. The zero-order chi connectivity index (χ0) is 49.3. The molecule has 0 amide bonds. The van der Waals surface area contributed by atoms with E-state index in [1.807, 2.05) is 0 Å². The van der Waals surface area contributed by atoms with Gasteiger partial charge in [-0.1, -0.05) is 214 Å². The van der Waals surface area contributed by atoms with Gasteiger partial charge in [-0.2, -0.15) is 0 Å². The zero-order valence-corrected chi connectivity index (χ0v) is 44.1. The minimum atomic E-state index is -0.813. The van der Waals surface area contributed by atoms with Gasteiger partial charge in [-0.25, -0.2) is 0 Å². The molecule has 0 heterocycles. The maximum absolute atomic E-state index is 12.8. The molecule has 0 aliphatic rings. The molecule has 0 saturated heterocycles. The molecular formula is C62H102O6. The highest BCUT2D eigenvalue weighted by Gasteiger charge is 2.19. The Morgan fingerprint density at radius 2 is 0.588 bits per heavy atom. The quantitative estimate of drug-likeness (QED) is 0.0262. The molecule has 0 saturated carbocycles.